The lowest BCUT2D eigenvalue weighted by molar-refractivity contribution is -0.140. The van der Waals surface area contributed by atoms with Crippen LogP contribution in [0.1, 0.15) is 38.1 Å². The number of aromatic nitrogens is 2. The van der Waals surface area contributed by atoms with Crippen LogP contribution in [0.5, 0.6) is 0 Å². The fourth-order valence-corrected chi connectivity index (χ4v) is 2.63. The number of ether oxygens (including phenoxy) is 1. The number of amides is 1. The molecule has 8 heteroatoms. The van der Waals surface area contributed by atoms with Crippen LogP contribution in [0.3, 0.4) is 0 Å². The van der Waals surface area contributed by atoms with Gasteiger partial charge in [-0.05, 0) is 12.8 Å². The Labute approximate surface area is 128 Å². The van der Waals surface area contributed by atoms with Crippen molar-refractivity contribution in [2.24, 2.45) is 11.1 Å². The van der Waals surface area contributed by atoms with Gasteiger partial charge in [-0.25, -0.2) is 0 Å². The van der Waals surface area contributed by atoms with Crippen molar-refractivity contribution >= 4 is 28.3 Å². The molecule has 0 aliphatic rings. The van der Waals surface area contributed by atoms with Crippen LogP contribution in [0, 0.1) is 5.41 Å². The molecule has 1 aromatic heterocycles. The number of rotatable bonds is 8. The summed E-state index contributed by atoms with van der Waals surface area (Å²) in [4.78, 5) is 23.4. The van der Waals surface area contributed by atoms with E-state index < -0.39 is 5.41 Å². The molecule has 0 radical (unpaired) electrons. The van der Waals surface area contributed by atoms with Gasteiger partial charge in [-0.15, -0.1) is 10.2 Å². The molecule has 0 saturated heterocycles. The van der Waals surface area contributed by atoms with Crippen molar-refractivity contribution in [3.8, 4) is 0 Å². The van der Waals surface area contributed by atoms with Crippen LogP contribution < -0.4 is 11.1 Å². The topological polar surface area (TPSA) is 107 Å². The standard InChI is InChI=1S/C13H22N4O3S/c1-4-13(5-2,8-14)11(19)15-12-17-16-9(21-12)6-7-10(18)20-3/h4-8,14H2,1-3H3,(H,15,17,19). The predicted molar refractivity (Wildman–Crippen MR) is 80.9 cm³/mol. The molecule has 0 spiro atoms. The van der Waals surface area contributed by atoms with Crippen LogP contribution in [0.4, 0.5) is 5.13 Å². The van der Waals surface area contributed by atoms with Crippen molar-refractivity contribution < 1.29 is 14.3 Å². The SMILES string of the molecule is CCC(CC)(CN)C(=O)Nc1nnc(CCC(=O)OC)s1. The highest BCUT2D eigenvalue weighted by Gasteiger charge is 2.33. The smallest absolute Gasteiger partial charge is 0.305 e. The first-order chi connectivity index (χ1) is 10.0. The van der Waals surface area contributed by atoms with Gasteiger partial charge in [-0.2, -0.15) is 0 Å². The molecule has 7 nitrogen and oxygen atoms in total. The Balaban J connectivity index is 2.65. The van der Waals surface area contributed by atoms with Crippen molar-refractivity contribution in [1.29, 1.82) is 0 Å². The number of hydrogen-bond donors (Lipinski definition) is 2. The maximum absolute atomic E-state index is 12.3. The summed E-state index contributed by atoms with van der Waals surface area (Å²) in [5.41, 5.74) is 5.17. The van der Waals surface area contributed by atoms with Crippen molar-refractivity contribution in [2.45, 2.75) is 39.5 Å². The highest BCUT2D eigenvalue weighted by molar-refractivity contribution is 7.15. The molecule has 0 atom stereocenters. The van der Waals surface area contributed by atoms with E-state index in [1.165, 1.54) is 18.4 Å². The van der Waals surface area contributed by atoms with Crippen molar-refractivity contribution in [1.82, 2.24) is 10.2 Å². The normalized spacial score (nSPS) is 11.2. The second kappa shape index (κ2) is 8.04. The lowest BCUT2D eigenvalue weighted by Crippen LogP contribution is -2.41. The summed E-state index contributed by atoms with van der Waals surface area (Å²) in [5, 5.41) is 11.7. The highest BCUT2D eigenvalue weighted by atomic mass is 32.1. The van der Waals surface area contributed by atoms with Crippen LogP contribution in [0.2, 0.25) is 0 Å². The van der Waals surface area contributed by atoms with Gasteiger partial charge < -0.3 is 10.5 Å². The van der Waals surface area contributed by atoms with Crippen molar-refractivity contribution in [3.05, 3.63) is 5.01 Å². The molecule has 21 heavy (non-hydrogen) atoms. The van der Waals surface area contributed by atoms with E-state index in [2.05, 4.69) is 20.3 Å². The summed E-state index contributed by atoms with van der Waals surface area (Å²) in [7, 11) is 1.34. The quantitative estimate of drug-likeness (QED) is 0.701. The third kappa shape index (κ3) is 4.47. The molecule has 1 rings (SSSR count). The van der Waals surface area contributed by atoms with Crippen LogP contribution in [0.15, 0.2) is 0 Å². The zero-order chi connectivity index (χ0) is 15.9. The predicted octanol–water partition coefficient (Wildman–Crippen LogP) is 1.35. The Kier molecular flexibility index (Phi) is 6.70. The van der Waals surface area contributed by atoms with Crippen LogP contribution in [-0.4, -0.2) is 35.7 Å². The Bertz CT molecular complexity index is 477. The molecular weight excluding hydrogens is 292 g/mol. The van der Waals surface area contributed by atoms with E-state index in [1.807, 2.05) is 13.8 Å². The first-order valence-corrected chi connectivity index (χ1v) is 7.73. The number of aryl methyl sites for hydroxylation is 1. The minimum absolute atomic E-state index is 0.134. The van der Waals surface area contributed by atoms with E-state index in [1.54, 1.807) is 0 Å². The zero-order valence-corrected chi connectivity index (χ0v) is 13.5. The molecule has 0 fully saturated rings. The fourth-order valence-electron chi connectivity index (χ4n) is 1.90. The van der Waals surface area contributed by atoms with Gasteiger partial charge >= 0.3 is 5.97 Å². The van der Waals surface area contributed by atoms with Crippen LogP contribution in [0.25, 0.3) is 0 Å². The Hall–Kier alpha value is -1.54. The maximum Gasteiger partial charge on any atom is 0.305 e. The lowest BCUT2D eigenvalue weighted by Gasteiger charge is -2.27. The van der Waals surface area contributed by atoms with Crippen molar-refractivity contribution in [3.63, 3.8) is 0 Å². The lowest BCUT2D eigenvalue weighted by atomic mass is 9.81. The molecule has 3 N–H and O–H groups in total. The number of carbonyl (C=O) groups excluding carboxylic acids is 2. The van der Waals surface area contributed by atoms with Gasteiger partial charge in [0, 0.05) is 13.0 Å². The Morgan fingerprint density at radius 3 is 2.52 bits per heavy atom. The number of nitrogens with one attached hydrogen (secondary N) is 1. The number of hydrogen-bond acceptors (Lipinski definition) is 7. The monoisotopic (exact) mass is 314 g/mol. The molecule has 1 amide bonds. The van der Waals surface area contributed by atoms with Crippen molar-refractivity contribution in [2.75, 3.05) is 19.0 Å². The number of anilines is 1. The molecular formula is C13H22N4O3S. The third-order valence-corrected chi connectivity index (χ3v) is 4.58. The first-order valence-electron chi connectivity index (χ1n) is 6.92. The van der Waals surface area contributed by atoms with Crippen LogP contribution in [-0.2, 0) is 20.7 Å². The van der Waals surface area contributed by atoms with Gasteiger partial charge in [0.1, 0.15) is 5.01 Å². The average Bonchev–Trinajstić information content (AvgIpc) is 2.94. The van der Waals surface area contributed by atoms with E-state index in [0.717, 1.165) is 0 Å². The largest absolute Gasteiger partial charge is 0.469 e. The van der Waals surface area contributed by atoms with Gasteiger partial charge in [0.2, 0.25) is 11.0 Å². The maximum atomic E-state index is 12.3. The molecule has 0 aliphatic carbocycles. The fraction of sp³-hybridized carbons (Fsp3) is 0.692. The van der Waals surface area contributed by atoms with E-state index >= 15 is 0 Å². The molecule has 118 valence electrons. The van der Waals surface area contributed by atoms with E-state index in [0.29, 0.717) is 35.9 Å². The van der Waals surface area contributed by atoms with Crippen LogP contribution >= 0.6 is 11.3 Å². The van der Waals surface area contributed by atoms with E-state index in [-0.39, 0.29) is 18.3 Å². The number of esters is 1. The first kappa shape index (κ1) is 17.5. The second-order valence-electron chi connectivity index (χ2n) is 4.72. The summed E-state index contributed by atoms with van der Waals surface area (Å²) in [6.07, 6.45) is 2.03. The molecule has 0 aromatic carbocycles. The Morgan fingerprint density at radius 1 is 1.33 bits per heavy atom. The van der Waals surface area contributed by atoms with Gasteiger partial charge in [0.25, 0.3) is 0 Å². The second-order valence-corrected chi connectivity index (χ2v) is 5.78. The highest BCUT2D eigenvalue weighted by Crippen LogP contribution is 2.27. The van der Waals surface area contributed by atoms with Gasteiger partial charge in [0.15, 0.2) is 0 Å². The minimum Gasteiger partial charge on any atom is -0.469 e. The summed E-state index contributed by atoms with van der Waals surface area (Å²) in [6, 6.07) is 0. The van der Waals surface area contributed by atoms with Gasteiger partial charge in [-0.1, -0.05) is 25.2 Å². The molecule has 1 aromatic rings. The number of carbonyl (C=O) groups is 2. The summed E-state index contributed by atoms with van der Waals surface area (Å²) in [6.45, 7) is 4.18. The minimum atomic E-state index is -0.572. The Morgan fingerprint density at radius 2 is 2.00 bits per heavy atom. The number of nitrogens with two attached hydrogens (primary N) is 1. The van der Waals surface area contributed by atoms with E-state index in [4.69, 9.17) is 5.73 Å². The molecule has 0 saturated carbocycles. The molecule has 0 bridgehead atoms. The summed E-state index contributed by atoms with van der Waals surface area (Å²) >= 11 is 1.26. The molecule has 0 aliphatic heterocycles. The third-order valence-electron chi connectivity index (χ3n) is 3.68. The molecule has 1 heterocycles. The molecule has 0 unspecified atom stereocenters. The van der Waals surface area contributed by atoms with Gasteiger partial charge in [-0.3, -0.25) is 14.9 Å². The van der Waals surface area contributed by atoms with E-state index in [9.17, 15) is 9.59 Å². The number of nitrogens with zero attached hydrogens (tertiary/aromatic N) is 2. The zero-order valence-electron chi connectivity index (χ0n) is 12.6. The van der Waals surface area contributed by atoms with Gasteiger partial charge in [0.05, 0.1) is 18.9 Å². The number of methoxy groups -OCH3 is 1. The summed E-state index contributed by atoms with van der Waals surface area (Å²) in [5.74, 6) is -0.430. The average molecular weight is 314 g/mol. The summed E-state index contributed by atoms with van der Waals surface area (Å²) < 4.78 is 4.57.